The number of phenols is 1. The molecule has 0 aliphatic heterocycles. The first-order valence-corrected chi connectivity index (χ1v) is 14.0. The van der Waals surface area contributed by atoms with Crippen LogP contribution in [0.3, 0.4) is 0 Å². The Hall–Kier alpha value is -4.51. The molecule has 4 aromatic carbocycles. The fourth-order valence-corrected chi connectivity index (χ4v) is 5.29. The van der Waals surface area contributed by atoms with Crippen LogP contribution in [-0.2, 0) is 6.42 Å². The molecule has 1 aliphatic carbocycles. The summed E-state index contributed by atoms with van der Waals surface area (Å²) >= 11 is 0. The minimum absolute atomic E-state index is 0.00900. The molecule has 1 amide bonds. The van der Waals surface area contributed by atoms with Crippen molar-refractivity contribution < 1.29 is 19.5 Å². The smallest absolute Gasteiger partial charge is 0.255 e. The lowest BCUT2D eigenvalue weighted by Crippen LogP contribution is -2.24. The first kappa shape index (κ1) is 27.1. The topological polar surface area (TPSA) is 83.5 Å². The van der Waals surface area contributed by atoms with Crippen LogP contribution in [0.15, 0.2) is 84.9 Å². The van der Waals surface area contributed by atoms with E-state index in [4.69, 9.17) is 0 Å². The van der Waals surface area contributed by atoms with Gasteiger partial charge in [0, 0.05) is 16.7 Å². The van der Waals surface area contributed by atoms with E-state index in [-0.39, 0.29) is 33.7 Å². The van der Waals surface area contributed by atoms with Gasteiger partial charge in [-0.1, -0.05) is 99.7 Å². The Balaban J connectivity index is 1.27. The number of aryl methyl sites for hydroxylation is 1. The van der Waals surface area contributed by atoms with Crippen LogP contribution in [0.2, 0.25) is 0 Å². The minimum Gasteiger partial charge on any atom is -0.507 e. The molecule has 0 heterocycles. The molecule has 0 spiro atoms. The van der Waals surface area contributed by atoms with E-state index >= 15 is 0 Å². The third kappa shape index (κ3) is 5.59. The van der Waals surface area contributed by atoms with Crippen LogP contribution in [0.5, 0.6) is 5.75 Å². The molecule has 5 heteroatoms. The van der Waals surface area contributed by atoms with Gasteiger partial charge in [0.1, 0.15) is 5.75 Å². The SMILES string of the molecule is CCCCCCCCc1ccc(-c2ccc(C(=O)Nc3ccc(O)c4c3C(=O)c3ccccc3C4=O)cc2)cc1. The van der Waals surface area contributed by atoms with Crippen molar-refractivity contribution in [1.29, 1.82) is 0 Å². The molecule has 0 saturated carbocycles. The Labute approximate surface area is 234 Å². The molecular formula is C35H33NO4. The van der Waals surface area contributed by atoms with Crippen LogP contribution in [-0.4, -0.2) is 22.6 Å². The monoisotopic (exact) mass is 531 g/mol. The third-order valence-corrected chi connectivity index (χ3v) is 7.56. The van der Waals surface area contributed by atoms with Gasteiger partial charge in [-0.3, -0.25) is 14.4 Å². The second-order valence-corrected chi connectivity index (χ2v) is 10.3. The van der Waals surface area contributed by atoms with E-state index in [0.29, 0.717) is 5.56 Å². The molecule has 0 fully saturated rings. The molecule has 5 rings (SSSR count). The zero-order valence-electron chi connectivity index (χ0n) is 22.7. The Morgan fingerprint density at radius 3 is 1.90 bits per heavy atom. The summed E-state index contributed by atoms with van der Waals surface area (Å²) < 4.78 is 0. The van der Waals surface area contributed by atoms with E-state index in [0.717, 1.165) is 17.5 Å². The number of anilines is 1. The van der Waals surface area contributed by atoms with Crippen LogP contribution in [0.1, 0.15) is 93.2 Å². The number of benzene rings is 4. The van der Waals surface area contributed by atoms with Crippen molar-refractivity contribution in [2.45, 2.75) is 51.9 Å². The van der Waals surface area contributed by atoms with Gasteiger partial charge in [0.15, 0.2) is 11.6 Å². The second-order valence-electron chi connectivity index (χ2n) is 10.3. The van der Waals surface area contributed by atoms with E-state index in [2.05, 4.69) is 36.5 Å². The average Bonchev–Trinajstić information content (AvgIpc) is 2.99. The van der Waals surface area contributed by atoms with Crippen molar-refractivity contribution in [1.82, 2.24) is 0 Å². The summed E-state index contributed by atoms with van der Waals surface area (Å²) in [6.45, 7) is 2.24. The number of rotatable bonds is 10. The van der Waals surface area contributed by atoms with Crippen LogP contribution in [0.25, 0.3) is 11.1 Å². The predicted molar refractivity (Wildman–Crippen MR) is 158 cm³/mol. The van der Waals surface area contributed by atoms with Crippen molar-refractivity contribution >= 4 is 23.2 Å². The van der Waals surface area contributed by atoms with Crippen molar-refractivity contribution in [3.05, 3.63) is 118 Å². The van der Waals surface area contributed by atoms with E-state index in [9.17, 15) is 19.5 Å². The highest BCUT2D eigenvalue weighted by molar-refractivity contribution is 6.31. The number of unbranched alkanes of at least 4 members (excludes halogenated alkanes) is 5. The van der Waals surface area contributed by atoms with Crippen LogP contribution < -0.4 is 5.32 Å². The summed E-state index contributed by atoms with van der Waals surface area (Å²) in [6, 6.07) is 25.1. The molecule has 0 bridgehead atoms. The van der Waals surface area contributed by atoms with Gasteiger partial charge in [-0.2, -0.15) is 0 Å². The van der Waals surface area contributed by atoms with E-state index in [1.807, 2.05) is 12.1 Å². The highest BCUT2D eigenvalue weighted by Gasteiger charge is 2.34. The number of ketones is 2. The highest BCUT2D eigenvalue weighted by atomic mass is 16.3. The van der Waals surface area contributed by atoms with Gasteiger partial charge >= 0.3 is 0 Å². The first-order chi connectivity index (χ1) is 19.5. The van der Waals surface area contributed by atoms with Gasteiger partial charge in [-0.05, 0) is 53.8 Å². The molecular weight excluding hydrogens is 498 g/mol. The number of fused-ring (bicyclic) bond motifs is 2. The molecule has 2 N–H and O–H groups in total. The average molecular weight is 532 g/mol. The van der Waals surface area contributed by atoms with Crippen LogP contribution in [0, 0.1) is 0 Å². The zero-order valence-corrected chi connectivity index (χ0v) is 22.7. The van der Waals surface area contributed by atoms with Gasteiger partial charge in [0.05, 0.1) is 16.8 Å². The summed E-state index contributed by atoms with van der Waals surface area (Å²) in [5.41, 5.74) is 4.44. The van der Waals surface area contributed by atoms with Crippen LogP contribution in [0.4, 0.5) is 5.69 Å². The number of phenolic OH excluding ortho intramolecular Hbond substituents is 1. The maximum Gasteiger partial charge on any atom is 0.255 e. The quantitative estimate of drug-likeness (QED) is 0.141. The van der Waals surface area contributed by atoms with E-state index in [1.54, 1.807) is 36.4 Å². The van der Waals surface area contributed by atoms with Gasteiger partial charge < -0.3 is 10.4 Å². The minimum atomic E-state index is -0.443. The van der Waals surface area contributed by atoms with Crippen molar-refractivity contribution in [2.75, 3.05) is 5.32 Å². The number of carbonyl (C=O) groups is 3. The van der Waals surface area contributed by atoms with Crippen molar-refractivity contribution in [3.63, 3.8) is 0 Å². The largest absolute Gasteiger partial charge is 0.507 e. The number of hydrogen-bond acceptors (Lipinski definition) is 4. The Morgan fingerprint density at radius 1 is 0.675 bits per heavy atom. The summed E-state index contributed by atoms with van der Waals surface area (Å²) in [6.07, 6.45) is 8.80. The predicted octanol–water partition coefficient (Wildman–Crippen LogP) is 7.99. The van der Waals surface area contributed by atoms with E-state index in [1.165, 1.54) is 56.2 Å². The standard InChI is InChI=1S/C35H33NO4/c1-2-3-4-5-6-7-10-23-13-15-24(16-14-23)25-17-19-26(20-18-25)35(40)36-29-21-22-30(37)32-31(29)33(38)27-11-8-9-12-28(27)34(32)39/h8-9,11-22,37H,2-7,10H2,1H3,(H,36,40). The van der Waals surface area contributed by atoms with Gasteiger partial charge in [-0.25, -0.2) is 0 Å². The van der Waals surface area contributed by atoms with Gasteiger partial charge in [-0.15, -0.1) is 0 Å². The fourth-order valence-electron chi connectivity index (χ4n) is 5.29. The lowest BCUT2D eigenvalue weighted by Gasteiger charge is -2.21. The Kier molecular flexibility index (Phi) is 8.20. The number of hydrogen-bond donors (Lipinski definition) is 2. The molecule has 202 valence electrons. The van der Waals surface area contributed by atoms with Gasteiger partial charge in [0.2, 0.25) is 0 Å². The maximum atomic E-state index is 13.3. The maximum absolute atomic E-state index is 13.3. The molecule has 40 heavy (non-hydrogen) atoms. The molecule has 5 nitrogen and oxygen atoms in total. The summed E-state index contributed by atoms with van der Waals surface area (Å²) in [5.74, 6) is -1.55. The molecule has 0 saturated heterocycles. The fraction of sp³-hybridized carbons (Fsp3) is 0.229. The van der Waals surface area contributed by atoms with Crippen LogP contribution >= 0.6 is 0 Å². The molecule has 4 aromatic rings. The molecule has 0 atom stereocenters. The number of aromatic hydroxyl groups is 1. The Morgan fingerprint density at radius 2 is 1.25 bits per heavy atom. The number of amides is 1. The highest BCUT2D eigenvalue weighted by Crippen LogP contribution is 2.37. The summed E-state index contributed by atoms with van der Waals surface area (Å²) in [7, 11) is 0. The first-order valence-electron chi connectivity index (χ1n) is 14.0. The summed E-state index contributed by atoms with van der Waals surface area (Å²) in [5, 5.41) is 13.2. The zero-order chi connectivity index (χ0) is 28.1. The molecule has 0 unspecified atom stereocenters. The Bertz CT molecular complexity index is 1550. The molecule has 1 aliphatic rings. The molecule has 0 radical (unpaired) electrons. The number of carbonyl (C=O) groups excluding carboxylic acids is 3. The normalized spacial score (nSPS) is 12.1. The van der Waals surface area contributed by atoms with Crippen molar-refractivity contribution in [3.8, 4) is 16.9 Å². The second kappa shape index (κ2) is 12.1. The molecule has 0 aromatic heterocycles. The van der Waals surface area contributed by atoms with E-state index < -0.39 is 17.5 Å². The number of nitrogens with one attached hydrogen (secondary N) is 1. The van der Waals surface area contributed by atoms with Crippen molar-refractivity contribution in [2.24, 2.45) is 0 Å². The van der Waals surface area contributed by atoms with Gasteiger partial charge in [0.25, 0.3) is 5.91 Å². The lowest BCUT2D eigenvalue weighted by molar-refractivity contribution is 0.0976. The lowest BCUT2D eigenvalue weighted by atomic mass is 9.82. The third-order valence-electron chi connectivity index (χ3n) is 7.56. The summed E-state index contributed by atoms with van der Waals surface area (Å²) in [4.78, 5) is 39.4.